The molecule has 2 N–H and O–H groups in total. The lowest BCUT2D eigenvalue weighted by atomic mass is 10.2. The number of benzene rings is 1. The molecule has 8 heteroatoms. The molecule has 0 atom stereocenters. The van der Waals surface area contributed by atoms with Crippen LogP contribution in [-0.2, 0) is 4.74 Å². The van der Waals surface area contributed by atoms with Gasteiger partial charge in [-0.25, -0.2) is 14.3 Å². The number of carbonyl (C=O) groups excluding carboxylic acids is 1. The Morgan fingerprint density at radius 1 is 1.24 bits per heavy atom. The van der Waals surface area contributed by atoms with E-state index in [2.05, 4.69) is 10.4 Å². The van der Waals surface area contributed by atoms with Gasteiger partial charge in [-0.1, -0.05) is 0 Å². The monoisotopic (exact) mass is 347 g/mol. The van der Waals surface area contributed by atoms with E-state index in [1.807, 2.05) is 6.92 Å². The van der Waals surface area contributed by atoms with E-state index >= 15 is 0 Å². The highest BCUT2D eigenvalue weighted by Gasteiger charge is 2.23. The smallest absolute Gasteiger partial charge is 0.413 e. The molecule has 1 aromatic heterocycles. The Kier molecular flexibility index (Phi) is 5.31. The van der Waals surface area contributed by atoms with Gasteiger partial charge in [0.05, 0.1) is 18.5 Å². The summed E-state index contributed by atoms with van der Waals surface area (Å²) in [6.07, 6.45) is 0.411. The van der Waals surface area contributed by atoms with Gasteiger partial charge in [0.1, 0.15) is 16.9 Å². The zero-order valence-electron chi connectivity index (χ0n) is 14.6. The van der Waals surface area contributed by atoms with E-state index in [0.717, 1.165) is 0 Å². The Bertz CT molecular complexity index is 760. The summed E-state index contributed by atoms with van der Waals surface area (Å²) < 4.78 is 11.9. The number of carbonyl (C=O) groups is 2. The van der Waals surface area contributed by atoms with E-state index in [1.165, 1.54) is 10.9 Å². The Balaban J connectivity index is 2.35. The number of aromatic carboxylic acids is 1. The summed E-state index contributed by atoms with van der Waals surface area (Å²) in [5.41, 5.74) is -0.279. The summed E-state index contributed by atoms with van der Waals surface area (Å²) in [6.45, 7) is 7.57. The van der Waals surface area contributed by atoms with E-state index in [-0.39, 0.29) is 11.4 Å². The fourth-order valence-corrected chi connectivity index (χ4v) is 2.07. The van der Waals surface area contributed by atoms with Crippen LogP contribution in [0.25, 0.3) is 5.69 Å². The van der Waals surface area contributed by atoms with Gasteiger partial charge in [0, 0.05) is 0 Å². The number of aromatic nitrogens is 2. The third-order valence-corrected chi connectivity index (χ3v) is 3.01. The lowest BCUT2D eigenvalue weighted by molar-refractivity contribution is 0.0635. The molecule has 134 valence electrons. The van der Waals surface area contributed by atoms with Crippen LogP contribution in [0.15, 0.2) is 30.5 Å². The number of ether oxygens (including phenoxy) is 2. The topological polar surface area (TPSA) is 103 Å². The summed E-state index contributed by atoms with van der Waals surface area (Å²) in [5.74, 6) is -0.507. The van der Waals surface area contributed by atoms with Crippen LogP contribution in [0.4, 0.5) is 10.6 Å². The van der Waals surface area contributed by atoms with Gasteiger partial charge in [0.2, 0.25) is 0 Å². The number of rotatable bonds is 5. The molecule has 0 radical (unpaired) electrons. The van der Waals surface area contributed by atoms with Gasteiger partial charge in [-0.15, -0.1) is 0 Å². The van der Waals surface area contributed by atoms with Crippen LogP contribution in [-0.4, -0.2) is 39.2 Å². The molecule has 0 bridgehead atoms. The van der Waals surface area contributed by atoms with Gasteiger partial charge in [-0.2, -0.15) is 5.10 Å². The minimum atomic E-state index is -1.21. The number of amides is 1. The van der Waals surface area contributed by atoms with Gasteiger partial charge in [0.25, 0.3) is 0 Å². The molecule has 1 heterocycles. The molecular weight excluding hydrogens is 326 g/mol. The average Bonchev–Trinajstić information content (AvgIpc) is 2.90. The molecule has 0 spiro atoms. The fourth-order valence-electron chi connectivity index (χ4n) is 2.07. The predicted octanol–water partition coefficient (Wildman–Crippen LogP) is 3.32. The standard InChI is InChI=1S/C17H21N3O5/c1-5-24-12-8-6-11(7-9-12)20-14(13(10-18-20)15(21)22)19-16(23)25-17(2,3)4/h6-10H,5H2,1-4H3,(H,19,23)(H,21,22). The first kappa shape index (κ1) is 18.3. The van der Waals surface area contributed by atoms with Crippen LogP contribution in [0.5, 0.6) is 5.75 Å². The maximum Gasteiger partial charge on any atom is 0.413 e. The summed E-state index contributed by atoms with van der Waals surface area (Å²) in [6, 6.07) is 6.89. The lowest BCUT2D eigenvalue weighted by Crippen LogP contribution is -2.28. The van der Waals surface area contributed by atoms with Gasteiger partial charge in [-0.05, 0) is 52.0 Å². The van der Waals surface area contributed by atoms with E-state index < -0.39 is 17.7 Å². The third kappa shape index (κ3) is 4.72. The number of anilines is 1. The van der Waals surface area contributed by atoms with Crippen molar-refractivity contribution in [2.24, 2.45) is 0 Å². The molecule has 1 amide bonds. The molecule has 0 aliphatic carbocycles. The van der Waals surface area contributed by atoms with Crippen molar-refractivity contribution in [2.75, 3.05) is 11.9 Å². The number of carboxylic acids is 1. The van der Waals surface area contributed by atoms with Crippen molar-refractivity contribution in [3.63, 3.8) is 0 Å². The van der Waals surface area contributed by atoms with Crippen LogP contribution in [0.1, 0.15) is 38.1 Å². The Hall–Kier alpha value is -3.03. The average molecular weight is 347 g/mol. The Morgan fingerprint density at radius 3 is 2.40 bits per heavy atom. The number of hydrogen-bond acceptors (Lipinski definition) is 5. The molecule has 0 saturated carbocycles. The van der Waals surface area contributed by atoms with Crippen molar-refractivity contribution in [3.05, 3.63) is 36.0 Å². The largest absolute Gasteiger partial charge is 0.494 e. The van der Waals surface area contributed by atoms with Crippen molar-refractivity contribution in [1.82, 2.24) is 9.78 Å². The summed E-state index contributed by atoms with van der Waals surface area (Å²) in [5, 5.41) is 15.8. The Labute approximate surface area is 145 Å². The molecule has 0 saturated heterocycles. The van der Waals surface area contributed by atoms with Gasteiger partial charge in [0.15, 0.2) is 5.82 Å². The molecule has 8 nitrogen and oxygen atoms in total. The lowest BCUT2D eigenvalue weighted by Gasteiger charge is -2.20. The van der Waals surface area contributed by atoms with E-state index in [1.54, 1.807) is 45.0 Å². The second-order valence-electron chi connectivity index (χ2n) is 6.18. The van der Waals surface area contributed by atoms with Gasteiger partial charge < -0.3 is 14.6 Å². The van der Waals surface area contributed by atoms with Crippen LogP contribution in [0.3, 0.4) is 0 Å². The van der Waals surface area contributed by atoms with Gasteiger partial charge >= 0.3 is 12.1 Å². The van der Waals surface area contributed by atoms with E-state index in [4.69, 9.17) is 9.47 Å². The molecule has 25 heavy (non-hydrogen) atoms. The highest BCUT2D eigenvalue weighted by molar-refractivity contribution is 5.97. The van der Waals surface area contributed by atoms with E-state index in [0.29, 0.717) is 18.0 Å². The second kappa shape index (κ2) is 7.25. The molecular formula is C17H21N3O5. The molecule has 0 aliphatic rings. The van der Waals surface area contributed by atoms with Crippen molar-refractivity contribution >= 4 is 17.9 Å². The highest BCUT2D eigenvalue weighted by atomic mass is 16.6. The minimum Gasteiger partial charge on any atom is -0.494 e. The number of nitrogens with one attached hydrogen (secondary N) is 1. The van der Waals surface area contributed by atoms with Crippen molar-refractivity contribution in [2.45, 2.75) is 33.3 Å². The second-order valence-corrected chi connectivity index (χ2v) is 6.18. The maximum atomic E-state index is 12.0. The fraction of sp³-hybridized carbons (Fsp3) is 0.353. The Morgan fingerprint density at radius 2 is 1.88 bits per heavy atom. The minimum absolute atomic E-state index is 0.0194. The SMILES string of the molecule is CCOc1ccc(-n2ncc(C(=O)O)c2NC(=O)OC(C)(C)C)cc1. The van der Waals surface area contributed by atoms with Crippen molar-refractivity contribution in [3.8, 4) is 11.4 Å². The van der Waals surface area contributed by atoms with Crippen LogP contribution in [0, 0.1) is 0 Å². The van der Waals surface area contributed by atoms with Gasteiger partial charge in [-0.3, -0.25) is 5.32 Å². The number of hydrogen-bond donors (Lipinski definition) is 2. The van der Waals surface area contributed by atoms with Crippen molar-refractivity contribution < 1.29 is 24.2 Å². The summed E-state index contributed by atoms with van der Waals surface area (Å²) in [4.78, 5) is 23.4. The predicted molar refractivity (Wildman–Crippen MR) is 91.5 cm³/mol. The van der Waals surface area contributed by atoms with Crippen LogP contribution < -0.4 is 10.1 Å². The highest BCUT2D eigenvalue weighted by Crippen LogP contribution is 2.23. The first-order valence-corrected chi connectivity index (χ1v) is 7.76. The molecule has 0 aliphatic heterocycles. The van der Waals surface area contributed by atoms with Crippen molar-refractivity contribution in [1.29, 1.82) is 0 Å². The summed E-state index contributed by atoms with van der Waals surface area (Å²) >= 11 is 0. The molecule has 1 aromatic carbocycles. The first-order chi connectivity index (χ1) is 11.7. The summed E-state index contributed by atoms with van der Waals surface area (Å²) in [7, 11) is 0. The number of nitrogens with zero attached hydrogens (tertiary/aromatic N) is 2. The van der Waals surface area contributed by atoms with Crippen LogP contribution in [0.2, 0.25) is 0 Å². The van der Waals surface area contributed by atoms with E-state index in [9.17, 15) is 14.7 Å². The quantitative estimate of drug-likeness (QED) is 0.860. The number of carboxylic acid groups (broad SMARTS) is 1. The normalized spacial score (nSPS) is 11.0. The molecule has 0 fully saturated rings. The molecule has 2 aromatic rings. The van der Waals surface area contributed by atoms with Crippen LogP contribution >= 0.6 is 0 Å². The zero-order valence-corrected chi connectivity index (χ0v) is 14.6. The first-order valence-electron chi connectivity index (χ1n) is 7.76. The molecule has 2 rings (SSSR count). The third-order valence-electron chi connectivity index (χ3n) is 3.01. The zero-order chi connectivity index (χ0) is 18.6. The maximum absolute atomic E-state index is 12.0. The molecule has 0 unspecified atom stereocenters.